The van der Waals surface area contributed by atoms with Crippen LogP contribution in [0.5, 0.6) is 5.75 Å². The summed E-state index contributed by atoms with van der Waals surface area (Å²) in [5.41, 5.74) is 6.18. The van der Waals surface area contributed by atoms with Crippen LogP contribution in [0.15, 0.2) is 24.3 Å². The molecule has 2 aromatic carbocycles. The van der Waals surface area contributed by atoms with E-state index in [9.17, 15) is 50.7 Å². The Balaban J connectivity index is 1.82. The van der Waals surface area contributed by atoms with Crippen molar-refractivity contribution in [1.82, 2.24) is 16.0 Å². The molecule has 0 bridgehead atoms. The zero-order chi connectivity index (χ0) is 40.4. The maximum atomic E-state index is 13.7. The summed E-state index contributed by atoms with van der Waals surface area (Å²) in [6, 6.07) is 3.58. The van der Waals surface area contributed by atoms with Crippen molar-refractivity contribution in [3.63, 3.8) is 0 Å². The van der Waals surface area contributed by atoms with E-state index in [1.165, 1.54) is 6.92 Å². The molecule has 0 heterocycles. The van der Waals surface area contributed by atoms with Crippen molar-refractivity contribution in [3.05, 3.63) is 58.9 Å². The molecule has 0 radical (unpaired) electrons. The molecule has 0 saturated heterocycles. The number of nitrogens with one attached hydrogen (secondary N) is 4. The van der Waals surface area contributed by atoms with E-state index in [0.717, 1.165) is 0 Å². The van der Waals surface area contributed by atoms with Crippen molar-refractivity contribution in [3.8, 4) is 5.75 Å². The second-order valence-corrected chi connectivity index (χ2v) is 11.8. The topological polar surface area (TPSA) is 213 Å². The lowest BCUT2D eigenvalue weighted by atomic mass is 10.0. The zero-order valence-corrected chi connectivity index (χ0v) is 29.7. The first kappa shape index (κ1) is 44.8. The number of esters is 2. The van der Waals surface area contributed by atoms with Gasteiger partial charge in [-0.15, -0.1) is 0 Å². The van der Waals surface area contributed by atoms with Gasteiger partial charge in [0.25, 0.3) is 0 Å². The van der Waals surface area contributed by atoms with Gasteiger partial charge in [-0.2, -0.15) is 8.78 Å². The van der Waals surface area contributed by atoms with Crippen LogP contribution in [0.1, 0.15) is 52.0 Å². The number of urea groups is 1. The maximum absolute atomic E-state index is 13.7. The molecular formula is C34H42F5N5O10. The monoisotopic (exact) mass is 775 g/mol. The second-order valence-electron chi connectivity index (χ2n) is 11.8. The summed E-state index contributed by atoms with van der Waals surface area (Å²) in [4.78, 5) is 73.1. The molecule has 0 saturated carbocycles. The number of hydrogen-bond donors (Lipinski definition) is 5. The Morgan fingerprint density at radius 2 is 1.33 bits per heavy atom. The van der Waals surface area contributed by atoms with E-state index in [1.807, 2.05) is 0 Å². The zero-order valence-electron chi connectivity index (χ0n) is 29.7. The van der Waals surface area contributed by atoms with Crippen LogP contribution in [0.3, 0.4) is 0 Å². The molecule has 0 aliphatic heterocycles. The largest absolute Gasteiger partial charge is 0.461 e. The summed E-state index contributed by atoms with van der Waals surface area (Å²) in [6.07, 6.45) is -0.408. The fourth-order valence-corrected chi connectivity index (χ4v) is 4.41. The summed E-state index contributed by atoms with van der Waals surface area (Å²) >= 11 is 0. The smallest absolute Gasteiger partial charge is 0.313 e. The Hall–Kier alpha value is -5.37. The molecule has 2 atom stereocenters. The lowest BCUT2D eigenvalue weighted by Crippen LogP contribution is -2.54. The number of benzene rings is 2. The second kappa shape index (κ2) is 22.6. The molecule has 2 aromatic rings. The maximum Gasteiger partial charge on any atom is 0.313 e. The summed E-state index contributed by atoms with van der Waals surface area (Å²) in [5.74, 6) is -17.2. The SMILES string of the molecule is CC(=O)OCc1ccc(NC(=O)C(CCCNC(N)=O)NC(=O)C(NC(=O)CCOCCOCCC(=O)Oc2c(F)c(F)c(F)c(F)c2F)C(C)C)cc1. The van der Waals surface area contributed by atoms with Crippen molar-refractivity contribution in [2.24, 2.45) is 11.7 Å². The van der Waals surface area contributed by atoms with Gasteiger partial charge >= 0.3 is 18.0 Å². The van der Waals surface area contributed by atoms with Crippen LogP contribution in [-0.4, -0.2) is 80.7 Å². The van der Waals surface area contributed by atoms with Gasteiger partial charge in [0.2, 0.25) is 52.6 Å². The van der Waals surface area contributed by atoms with Crippen LogP contribution in [0.4, 0.5) is 32.4 Å². The molecule has 54 heavy (non-hydrogen) atoms. The van der Waals surface area contributed by atoms with E-state index >= 15 is 0 Å². The van der Waals surface area contributed by atoms with Crippen LogP contribution in [0.25, 0.3) is 0 Å². The highest BCUT2D eigenvalue weighted by Gasteiger charge is 2.30. The molecule has 2 rings (SSSR count). The van der Waals surface area contributed by atoms with Gasteiger partial charge < -0.3 is 45.9 Å². The molecule has 2 unspecified atom stereocenters. The van der Waals surface area contributed by atoms with Crippen molar-refractivity contribution < 1.29 is 69.7 Å². The number of ether oxygens (including phenoxy) is 4. The van der Waals surface area contributed by atoms with Crippen LogP contribution in [0, 0.1) is 35.0 Å². The summed E-state index contributed by atoms with van der Waals surface area (Å²) in [6.45, 7) is 4.18. The molecule has 0 fully saturated rings. The van der Waals surface area contributed by atoms with Crippen molar-refractivity contribution in [2.75, 3.05) is 38.3 Å². The Morgan fingerprint density at radius 3 is 1.89 bits per heavy atom. The molecule has 0 aliphatic carbocycles. The predicted octanol–water partition coefficient (Wildman–Crippen LogP) is 2.88. The van der Waals surface area contributed by atoms with E-state index in [2.05, 4.69) is 26.0 Å². The third-order valence-corrected chi connectivity index (χ3v) is 7.21. The van der Waals surface area contributed by atoms with Gasteiger partial charge in [0.05, 0.1) is 32.8 Å². The molecule has 5 amide bonds. The van der Waals surface area contributed by atoms with E-state index < -0.39 is 94.9 Å². The van der Waals surface area contributed by atoms with Gasteiger partial charge in [0.1, 0.15) is 18.7 Å². The Bertz CT molecular complexity index is 1600. The highest BCUT2D eigenvalue weighted by Crippen LogP contribution is 2.29. The fraction of sp³-hybridized carbons (Fsp3) is 0.471. The van der Waals surface area contributed by atoms with E-state index in [4.69, 9.17) is 19.9 Å². The standard InChI is InChI=1S/C34H42F5N5O10/c1-18(2)30(33(49)43-22(5-4-12-41-34(40)50)32(48)42-21-8-6-20(7-9-21)17-53-19(3)45)44-23(46)10-13-51-15-16-52-14-11-24(47)54-31-28(38)26(36)25(35)27(37)29(31)39/h6-9,18,22,30H,4-5,10-17H2,1-3H3,(H,42,48)(H,43,49)(H,44,46)(H3,40,41,50). The number of carbonyl (C=O) groups excluding carboxylic acids is 6. The number of primary amides is 1. The van der Waals surface area contributed by atoms with Gasteiger partial charge in [-0.1, -0.05) is 26.0 Å². The summed E-state index contributed by atoms with van der Waals surface area (Å²) in [7, 11) is 0. The highest BCUT2D eigenvalue weighted by atomic mass is 19.2. The first-order valence-corrected chi connectivity index (χ1v) is 16.6. The highest BCUT2D eigenvalue weighted by molar-refractivity contribution is 5.98. The lowest BCUT2D eigenvalue weighted by molar-refractivity contribution is -0.142. The Kier molecular flexibility index (Phi) is 18.8. The molecule has 0 spiro atoms. The third-order valence-electron chi connectivity index (χ3n) is 7.21. The fourth-order valence-electron chi connectivity index (χ4n) is 4.41. The van der Waals surface area contributed by atoms with E-state index in [1.54, 1.807) is 38.1 Å². The van der Waals surface area contributed by atoms with Crippen LogP contribution in [-0.2, 0) is 44.8 Å². The molecule has 15 nitrogen and oxygen atoms in total. The lowest BCUT2D eigenvalue weighted by Gasteiger charge is -2.25. The van der Waals surface area contributed by atoms with Gasteiger partial charge in [-0.05, 0) is 36.5 Å². The summed E-state index contributed by atoms with van der Waals surface area (Å²) < 4.78 is 86.6. The van der Waals surface area contributed by atoms with Gasteiger partial charge in [0.15, 0.2) is 0 Å². The molecule has 20 heteroatoms. The minimum atomic E-state index is -2.40. The van der Waals surface area contributed by atoms with Crippen molar-refractivity contribution in [1.29, 1.82) is 0 Å². The Labute approximate surface area is 306 Å². The van der Waals surface area contributed by atoms with Crippen molar-refractivity contribution in [2.45, 2.75) is 65.1 Å². The number of rotatable bonds is 22. The van der Waals surface area contributed by atoms with Crippen LogP contribution < -0.4 is 31.7 Å². The van der Waals surface area contributed by atoms with Gasteiger partial charge in [0, 0.05) is 25.6 Å². The van der Waals surface area contributed by atoms with Crippen molar-refractivity contribution >= 4 is 41.4 Å². The van der Waals surface area contributed by atoms with Gasteiger partial charge in [-0.25, -0.2) is 18.0 Å². The molecular weight excluding hydrogens is 733 g/mol. The number of anilines is 1. The summed E-state index contributed by atoms with van der Waals surface area (Å²) in [5, 5.41) is 10.4. The predicted molar refractivity (Wildman–Crippen MR) is 179 cm³/mol. The molecule has 0 aromatic heterocycles. The normalized spacial score (nSPS) is 12.0. The number of hydrogen-bond acceptors (Lipinski definition) is 10. The molecule has 0 aliphatic rings. The van der Waals surface area contributed by atoms with Crippen LogP contribution >= 0.6 is 0 Å². The minimum absolute atomic E-state index is 0.0477. The number of halogens is 5. The van der Waals surface area contributed by atoms with E-state index in [-0.39, 0.29) is 58.8 Å². The minimum Gasteiger partial charge on any atom is -0.461 e. The van der Waals surface area contributed by atoms with E-state index in [0.29, 0.717) is 11.3 Å². The third kappa shape index (κ3) is 15.3. The first-order chi connectivity index (χ1) is 25.5. The molecule has 298 valence electrons. The molecule has 6 N–H and O–H groups in total. The number of nitrogens with two attached hydrogens (primary N) is 1. The van der Waals surface area contributed by atoms with Gasteiger partial charge in [-0.3, -0.25) is 24.0 Å². The number of amides is 5. The number of carbonyl (C=O) groups is 6. The first-order valence-electron chi connectivity index (χ1n) is 16.6. The van der Waals surface area contributed by atoms with Crippen LogP contribution in [0.2, 0.25) is 0 Å². The quantitative estimate of drug-likeness (QED) is 0.0295. The Morgan fingerprint density at radius 1 is 0.759 bits per heavy atom. The average molecular weight is 776 g/mol. The average Bonchev–Trinajstić information content (AvgIpc) is 3.12.